The van der Waals surface area contributed by atoms with Gasteiger partial charge >= 0.3 is 6.03 Å². The molecule has 0 radical (unpaired) electrons. The molecule has 4 amide bonds. The molecule has 0 unspecified atom stereocenters. The minimum Gasteiger partial charge on any atom is -0.497 e. The summed E-state index contributed by atoms with van der Waals surface area (Å²) in [5.41, 5.74) is -0.479. The number of benzene rings is 1. The molecule has 1 aliphatic carbocycles. The summed E-state index contributed by atoms with van der Waals surface area (Å²) in [6, 6.07) is 6.61. The van der Waals surface area contributed by atoms with Gasteiger partial charge in [-0.1, -0.05) is 45.7 Å². The molecule has 1 saturated heterocycles. The monoisotopic (exact) mass is 401 g/mol. The first kappa shape index (κ1) is 21.1. The van der Waals surface area contributed by atoms with Crippen molar-refractivity contribution in [2.45, 2.75) is 58.0 Å². The van der Waals surface area contributed by atoms with E-state index < -0.39 is 17.5 Å². The molecule has 2 aliphatic rings. The number of carbonyl (C=O) groups is 3. The molecule has 158 valence electrons. The molecule has 1 aliphatic heterocycles. The fourth-order valence-corrected chi connectivity index (χ4v) is 4.47. The van der Waals surface area contributed by atoms with Crippen LogP contribution in [0.2, 0.25) is 0 Å². The summed E-state index contributed by atoms with van der Waals surface area (Å²) in [7, 11) is 1.57. The lowest BCUT2D eigenvalue weighted by molar-refractivity contribution is -0.135. The van der Waals surface area contributed by atoms with Gasteiger partial charge in [0, 0.05) is 6.04 Å². The van der Waals surface area contributed by atoms with Crippen LogP contribution in [0.3, 0.4) is 0 Å². The van der Waals surface area contributed by atoms with E-state index in [1.807, 2.05) is 6.92 Å². The van der Waals surface area contributed by atoms with Crippen molar-refractivity contribution >= 4 is 17.8 Å². The second-order valence-electron chi connectivity index (χ2n) is 8.25. The van der Waals surface area contributed by atoms with Crippen LogP contribution in [0.4, 0.5) is 4.79 Å². The fraction of sp³-hybridized carbons (Fsp3) is 0.591. The second-order valence-corrected chi connectivity index (χ2v) is 8.25. The Kier molecular flexibility index (Phi) is 6.15. The lowest BCUT2D eigenvalue weighted by Gasteiger charge is -2.34. The number of urea groups is 1. The fourth-order valence-electron chi connectivity index (χ4n) is 4.47. The van der Waals surface area contributed by atoms with Crippen LogP contribution in [0.25, 0.3) is 0 Å². The van der Waals surface area contributed by atoms with Gasteiger partial charge < -0.3 is 15.4 Å². The van der Waals surface area contributed by atoms with Crippen molar-refractivity contribution in [3.05, 3.63) is 29.8 Å². The summed E-state index contributed by atoms with van der Waals surface area (Å²) in [5.74, 6) is 0.915. The number of rotatable bonds is 6. The van der Waals surface area contributed by atoms with Crippen molar-refractivity contribution in [1.29, 1.82) is 0 Å². The van der Waals surface area contributed by atoms with Gasteiger partial charge in [-0.25, -0.2) is 4.79 Å². The zero-order valence-electron chi connectivity index (χ0n) is 17.7. The van der Waals surface area contributed by atoms with Crippen molar-refractivity contribution in [2.75, 3.05) is 13.7 Å². The lowest BCUT2D eigenvalue weighted by atomic mass is 9.78. The first-order valence-electron chi connectivity index (χ1n) is 10.4. The number of imide groups is 1. The molecule has 29 heavy (non-hydrogen) atoms. The second kappa shape index (κ2) is 8.43. The third-order valence-corrected chi connectivity index (χ3v) is 6.64. The molecule has 7 nitrogen and oxygen atoms in total. The number of methoxy groups -OCH3 is 1. The molecule has 3 rings (SSSR count). The average molecular weight is 402 g/mol. The molecule has 1 aromatic rings. The van der Waals surface area contributed by atoms with Crippen molar-refractivity contribution in [3.8, 4) is 5.75 Å². The Labute approximate surface area is 172 Å². The molecule has 2 fully saturated rings. The van der Waals surface area contributed by atoms with E-state index in [0.29, 0.717) is 29.6 Å². The highest BCUT2D eigenvalue weighted by Crippen LogP contribution is 2.33. The summed E-state index contributed by atoms with van der Waals surface area (Å²) in [6.45, 7) is 5.93. The Morgan fingerprint density at radius 2 is 1.93 bits per heavy atom. The minimum atomic E-state index is -1.16. The van der Waals surface area contributed by atoms with Crippen LogP contribution in [0.1, 0.15) is 52.0 Å². The maximum atomic E-state index is 13.2. The first-order chi connectivity index (χ1) is 13.8. The predicted molar refractivity (Wildman–Crippen MR) is 109 cm³/mol. The summed E-state index contributed by atoms with van der Waals surface area (Å²) in [5, 5.41) is 5.85. The maximum Gasteiger partial charge on any atom is 0.325 e. The van der Waals surface area contributed by atoms with Crippen LogP contribution < -0.4 is 15.4 Å². The smallest absolute Gasteiger partial charge is 0.325 e. The van der Waals surface area contributed by atoms with E-state index in [1.165, 1.54) is 6.42 Å². The summed E-state index contributed by atoms with van der Waals surface area (Å²) < 4.78 is 5.17. The molecule has 0 spiro atoms. The third-order valence-electron chi connectivity index (χ3n) is 6.64. The van der Waals surface area contributed by atoms with Gasteiger partial charge in [0.2, 0.25) is 5.91 Å². The molecule has 4 atom stereocenters. The molecule has 2 N–H and O–H groups in total. The molecule has 0 bridgehead atoms. The SMILES string of the molecule is CC[C@@]1(c2ccc(OC)cc2)NC(=O)N(CC(=O)N[C@H]2CCC[C@H](C)[C@@H]2C)C1=O. The normalized spacial score (nSPS) is 29.5. The van der Waals surface area contributed by atoms with E-state index in [-0.39, 0.29) is 18.5 Å². The molecule has 7 heteroatoms. The van der Waals surface area contributed by atoms with Gasteiger partial charge in [-0.3, -0.25) is 14.5 Å². The molecule has 1 saturated carbocycles. The number of hydrogen-bond acceptors (Lipinski definition) is 4. The highest BCUT2D eigenvalue weighted by molar-refractivity contribution is 6.09. The standard InChI is InChI=1S/C22H31N3O4/c1-5-22(16-9-11-17(29-4)12-10-16)20(27)25(21(28)24-22)13-19(26)23-18-8-6-7-14(2)15(18)3/h9-12,14-15,18H,5-8,13H2,1-4H3,(H,23,26)(H,24,28)/t14-,15-,18-,22-/m0/s1. The summed E-state index contributed by atoms with van der Waals surface area (Å²) in [4.78, 5) is 39.4. The van der Waals surface area contributed by atoms with E-state index in [9.17, 15) is 14.4 Å². The first-order valence-corrected chi connectivity index (χ1v) is 10.4. The predicted octanol–water partition coefficient (Wildman–Crippen LogP) is 2.79. The van der Waals surface area contributed by atoms with E-state index in [4.69, 9.17) is 4.74 Å². The number of hydrogen-bond donors (Lipinski definition) is 2. The number of ether oxygens (including phenoxy) is 1. The van der Waals surface area contributed by atoms with Gasteiger partial charge in [0.05, 0.1) is 7.11 Å². The Hall–Kier alpha value is -2.57. The van der Waals surface area contributed by atoms with Crippen LogP contribution in [-0.4, -0.2) is 42.4 Å². The molecule has 1 heterocycles. The zero-order valence-corrected chi connectivity index (χ0v) is 17.7. The van der Waals surface area contributed by atoms with Crippen LogP contribution in [0, 0.1) is 11.8 Å². The van der Waals surface area contributed by atoms with E-state index in [1.54, 1.807) is 31.4 Å². The molecular formula is C22H31N3O4. The third kappa shape index (κ3) is 3.95. The number of amides is 4. The van der Waals surface area contributed by atoms with Gasteiger partial charge in [-0.2, -0.15) is 0 Å². The topological polar surface area (TPSA) is 87.7 Å². The zero-order chi connectivity index (χ0) is 21.2. The molecule has 1 aromatic carbocycles. The number of nitrogens with one attached hydrogen (secondary N) is 2. The van der Waals surface area contributed by atoms with Gasteiger partial charge in [0.15, 0.2) is 0 Å². The molecule has 0 aromatic heterocycles. The number of nitrogens with zero attached hydrogens (tertiary/aromatic N) is 1. The Morgan fingerprint density at radius 1 is 1.24 bits per heavy atom. The highest BCUT2D eigenvalue weighted by Gasteiger charge is 2.51. The lowest BCUT2D eigenvalue weighted by Crippen LogP contribution is -2.49. The average Bonchev–Trinajstić information content (AvgIpc) is 2.96. The van der Waals surface area contributed by atoms with Gasteiger partial charge in [0.1, 0.15) is 17.8 Å². The van der Waals surface area contributed by atoms with Crippen LogP contribution in [-0.2, 0) is 15.1 Å². The van der Waals surface area contributed by atoms with Crippen LogP contribution in [0.5, 0.6) is 5.75 Å². The largest absolute Gasteiger partial charge is 0.497 e. The van der Waals surface area contributed by atoms with Crippen molar-refractivity contribution in [1.82, 2.24) is 15.5 Å². The van der Waals surface area contributed by atoms with Gasteiger partial charge in [-0.05, 0) is 42.4 Å². The quantitative estimate of drug-likeness (QED) is 0.718. The minimum absolute atomic E-state index is 0.0875. The van der Waals surface area contributed by atoms with E-state index >= 15 is 0 Å². The maximum absolute atomic E-state index is 13.2. The van der Waals surface area contributed by atoms with E-state index in [2.05, 4.69) is 24.5 Å². The van der Waals surface area contributed by atoms with Crippen molar-refractivity contribution in [2.24, 2.45) is 11.8 Å². The van der Waals surface area contributed by atoms with Crippen LogP contribution >= 0.6 is 0 Å². The number of carbonyl (C=O) groups excluding carboxylic acids is 3. The van der Waals surface area contributed by atoms with Crippen LogP contribution in [0.15, 0.2) is 24.3 Å². The van der Waals surface area contributed by atoms with Gasteiger partial charge in [-0.15, -0.1) is 0 Å². The Bertz CT molecular complexity index is 779. The summed E-state index contributed by atoms with van der Waals surface area (Å²) in [6.07, 6.45) is 3.57. The Balaban J connectivity index is 1.72. The highest BCUT2D eigenvalue weighted by atomic mass is 16.5. The van der Waals surface area contributed by atoms with Crippen molar-refractivity contribution in [3.63, 3.8) is 0 Å². The van der Waals surface area contributed by atoms with Gasteiger partial charge in [0.25, 0.3) is 5.91 Å². The summed E-state index contributed by atoms with van der Waals surface area (Å²) >= 11 is 0. The molecular weight excluding hydrogens is 370 g/mol. The van der Waals surface area contributed by atoms with Crippen molar-refractivity contribution < 1.29 is 19.1 Å². The Morgan fingerprint density at radius 3 is 2.55 bits per heavy atom. The van der Waals surface area contributed by atoms with E-state index in [0.717, 1.165) is 17.7 Å².